The van der Waals surface area contributed by atoms with Crippen molar-refractivity contribution in [3.63, 3.8) is 0 Å². The van der Waals surface area contributed by atoms with Gasteiger partial charge in [-0.05, 0) is 39.0 Å². The van der Waals surface area contributed by atoms with Crippen LogP contribution in [-0.4, -0.2) is 24.5 Å². The molecule has 1 N–H and O–H groups in total. The second kappa shape index (κ2) is 6.35. The van der Waals surface area contributed by atoms with Crippen LogP contribution >= 0.6 is 11.3 Å². The minimum absolute atomic E-state index is 0.392. The van der Waals surface area contributed by atoms with Gasteiger partial charge in [0.2, 0.25) is 0 Å². The number of alkyl carbamates (subject to hydrolysis) is 1. The van der Waals surface area contributed by atoms with Gasteiger partial charge in [0, 0.05) is 11.4 Å². The van der Waals surface area contributed by atoms with Crippen LogP contribution in [0, 0.1) is 0 Å². The molecule has 0 radical (unpaired) electrons. The van der Waals surface area contributed by atoms with E-state index in [1.54, 1.807) is 6.07 Å². The maximum absolute atomic E-state index is 11.3. The third-order valence-electron chi connectivity index (χ3n) is 1.81. The number of aldehydes is 1. The summed E-state index contributed by atoms with van der Waals surface area (Å²) >= 11 is 1.40. The fraction of sp³-hybridized carbons (Fsp3) is 0.385. The lowest BCUT2D eigenvalue weighted by molar-refractivity contribution is 0.0534. The SMILES string of the molecule is CC(C)(C)OC(=O)NCC=Cc1ccc(C=O)s1. The van der Waals surface area contributed by atoms with Crippen molar-refractivity contribution >= 4 is 29.8 Å². The first-order valence-electron chi connectivity index (χ1n) is 5.59. The molecule has 1 rings (SSSR count). The zero-order valence-corrected chi connectivity index (χ0v) is 11.5. The zero-order chi connectivity index (χ0) is 13.6. The molecule has 1 aromatic rings. The second-order valence-electron chi connectivity index (χ2n) is 4.64. The highest BCUT2D eigenvalue weighted by Gasteiger charge is 2.14. The van der Waals surface area contributed by atoms with Gasteiger partial charge in [0.15, 0.2) is 6.29 Å². The Morgan fingerprint density at radius 1 is 1.39 bits per heavy atom. The van der Waals surface area contributed by atoms with Crippen LogP contribution in [0.15, 0.2) is 18.2 Å². The normalized spacial score (nSPS) is 11.5. The van der Waals surface area contributed by atoms with Crippen molar-refractivity contribution in [1.82, 2.24) is 5.32 Å². The van der Waals surface area contributed by atoms with Gasteiger partial charge < -0.3 is 10.1 Å². The molecule has 0 atom stereocenters. The van der Waals surface area contributed by atoms with Crippen molar-refractivity contribution in [2.75, 3.05) is 6.54 Å². The number of amides is 1. The summed E-state index contributed by atoms with van der Waals surface area (Å²) in [6.07, 6.45) is 4.05. The van der Waals surface area contributed by atoms with Crippen LogP contribution in [0.4, 0.5) is 4.79 Å². The third kappa shape index (κ3) is 5.63. The minimum Gasteiger partial charge on any atom is -0.444 e. The molecule has 0 unspecified atom stereocenters. The fourth-order valence-electron chi connectivity index (χ4n) is 1.15. The van der Waals surface area contributed by atoms with Crippen molar-refractivity contribution in [2.45, 2.75) is 26.4 Å². The van der Waals surface area contributed by atoms with Crippen molar-refractivity contribution in [3.8, 4) is 0 Å². The van der Waals surface area contributed by atoms with Crippen LogP contribution in [0.25, 0.3) is 6.08 Å². The Balaban J connectivity index is 2.33. The summed E-state index contributed by atoms with van der Waals surface area (Å²) in [4.78, 5) is 23.5. The molecule has 0 saturated heterocycles. The first-order chi connectivity index (χ1) is 8.40. The number of thiophene rings is 1. The molecular weight excluding hydrogens is 250 g/mol. The van der Waals surface area contributed by atoms with Crippen molar-refractivity contribution in [1.29, 1.82) is 0 Å². The summed E-state index contributed by atoms with van der Waals surface area (Å²) in [5.74, 6) is 0. The van der Waals surface area contributed by atoms with Gasteiger partial charge in [-0.3, -0.25) is 4.79 Å². The molecule has 5 heteroatoms. The predicted octanol–water partition coefficient (Wildman–Crippen LogP) is 3.10. The van der Waals surface area contributed by atoms with Crippen molar-refractivity contribution in [3.05, 3.63) is 28.0 Å². The maximum atomic E-state index is 11.3. The first-order valence-corrected chi connectivity index (χ1v) is 6.41. The molecule has 0 aliphatic rings. The lowest BCUT2D eigenvalue weighted by Gasteiger charge is -2.19. The van der Waals surface area contributed by atoms with Crippen LogP contribution in [-0.2, 0) is 4.74 Å². The summed E-state index contributed by atoms with van der Waals surface area (Å²) in [5, 5.41) is 2.62. The fourth-order valence-corrected chi connectivity index (χ4v) is 1.91. The molecule has 98 valence electrons. The van der Waals surface area contributed by atoms with E-state index in [0.29, 0.717) is 11.4 Å². The Bertz CT molecular complexity index is 443. The number of nitrogens with one attached hydrogen (secondary N) is 1. The first kappa shape index (κ1) is 14.4. The lowest BCUT2D eigenvalue weighted by atomic mass is 10.2. The van der Waals surface area contributed by atoms with Crippen molar-refractivity contribution < 1.29 is 14.3 Å². The second-order valence-corrected chi connectivity index (χ2v) is 5.79. The molecule has 0 bridgehead atoms. The molecule has 0 aliphatic carbocycles. The highest BCUT2D eigenvalue weighted by Crippen LogP contribution is 2.15. The van der Waals surface area contributed by atoms with Gasteiger partial charge in [-0.15, -0.1) is 11.3 Å². The Hall–Kier alpha value is -1.62. The monoisotopic (exact) mass is 267 g/mol. The molecule has 1 heterocycles. The molecule has 0 aromatic carbocycles. The average molecular weight is 267 g/mol. The van der Waals surface area contributed by atoms with E-state index in [1.165, 1.54) is 11.3 Å². The Morgan fingerprint density at radius 3 is 2.61 bits per heavy atom. The lowest BCUT2D eigenvalue weighted by Crippen LogP contribution is -2.32. The summed E-state index contributed by atoms with van der Waals surface area (Å²) in [5.41, 5.74) is -0.486. The molecule has 0 spiro atoms. The van der Waals surface area contributed by atoms with E-state index in [0.717, 1.165) is 11.2 Å². The van der Waals surface area contributed by atoms with E-state index < -0.39 is 11.7 Å². The van der Waals surface area contributed by atoms with Gasteiger partial charge >= 0.3 is 6.09 Å². The number of rotatable bonds is 4. The third-order valence-corrected chi connectivity index (χ3v) is 2.78. The Labute approximate surface area is 111 Å². The molecule has 4 nitrogen and oxygen atoms in total. The van der Waals surface area contributed by atoms with Gasteiger partial charge in [-0.1, -0.05) is 6.08 Å². The van der Waals surface area contributed by atoms with E-state index in [2.05, 4.69) is 5.32 Å². The number of hydrogen-bond donors (Lipinski definition) is 1. The van der Waals surface area contributed by atoms with Gasteiger partial charge in [0.05, 0.1) is 4.88 Å². The van der Waals surface area contributed by atoms with E-state index in [4.69, 9.17) is 4.74 Å². The Morgan fingerprint density at radius 2 is 2.06 bits per heavy atom. The van der Waals surface area contributed by atoms with Gasteiger partial charge in [0.25, 0.3) is 0 Å². The van der Waals surface area contributed by atoms with Gasteiger partial charge in [0.1, 0.15) is 5.60 Å². The summed E-state index contributed by atoms with van der Waals surface area (Å²) in [6.45, 7) is 5.84. The van der Waals surface area contributed by atoms with Crippen LogP contribution in [0.1, 0.15) is 35.3 Å². The number of ether oxygens (including phenoxy) is 1. The summed E-state index contributed by atoms with van der Waals surface area (Å²) < 4.78 is 5.08. The molecule has 0 aliphatic heterocycles. The van der Waals surface area contributed by atoms with Gasteiger partial charge in [-0.25, -0.2) is 4.79 Å². The van der Waals surface area contributed by atoms with E-state index in [1.807, 2.05) is 39.0 Å². The highest BCUT2D eigenvalue weighted by molar-refractivity contribution is 7.14. The highest BCUT2D eigenvalue weighted by atomic mass is 32.1. The minimum atomic E-state index is -0.486. The van der Waals surface area contributed by atoms with E-state index >= 15 is 0 Å². The van der Waals surface area contributed by atoms with Crippen molar-refractivity contribution in [2.24, 2.45) is 0 Å². The maximum Gasteiger partial charge on any atom is 0.407 e. The molecule has 18 heavy (non-hydrogen) atoms. The largest absolute Gasteiger partial charge is 0.444 e. The smallest absolute Gasteiger partial charge is 0.407 e. The van der Waals surface area contributed by atoms with Crippen LogP contribution < -0.4 is 5.32 Å². The standard InChI is InChI=1S/C13H17NO3S/c1-13(2,3)17-12(16)14-8-4-5-10-6-7-11(9-15)18-10/h4-7,9H,8H2,1-3H3,(H,14,16). The Kier molecular flexibility index (Phi) is 5.09. The summed E-state index contributed by atoms with van der Waals surface area (Å²) in [7, 11) is 0. The summed E-state index contributed by atoms with van der Waals surface area (Å²) in [6, 6.07) is 3.62. The number of hydrogen-bond acceptors (Lipinski definition) is 4. The molecule has 1 amide bonds. The predicted molar refractivity (Wildman–Crippen MR) is 73.0 cm³/mol. The average Bonchev–Trinajstić information content (AvgIpc) is 2.70. The zero-order valence-electron chi connectivity index (χ0n) is 10.7. The van der Waals surface area contributed by atoms with Crippen LogP contribution in [0.2, 0.25) is 0 Å². The van der Waals surface area contributed by atoms with E-state index in [9.17, 15) is 9.59 Å². The van der Waals surface area contributed by atoms with Crippen LogP contribution in [0.3, 0.4) is 0 Å². The van der Waals surface area contributed by atoms with Gasteiger partial charge in [-0.2, -0.15) is 0 Å². The molecular formula is C13H17NO3S. The molecule has 0 fully saturated rings. The quantitative estimate of drug-likeness (QED) is 0.853. The molecule has 0 saturated carbocycles. The topological polar surface area (TPSA) is 55.4 Å². The van der Waals surface area contributed by atoms with E-state index in [-0.39, 0.29) is 0 Å². The van der Waals surface area contributed by atoms with Crippen LogP contribution in [0.5, 0.6) is 0 Å². The number of carbonyl (C=O) groups excluding carboxylic acids is 2. The number of carbonyl (C=O) groups is 2. The molecule has 1 aromatic heterocycles.